The molecule has 0 unspecified atom stereocenters. The Kier molecular flexibility index (Phi) is 5.79. The zero-order valence-corrected chi connectivity index (χ0v) is 16.3. The average Bonchev–Trinajstić information content (AvgIpc) is 2.85. The first kappa shape index (κ1) is 19.7. The Balaban J connectivity index is 2.04. The Morgan fingerprint density at radius 2 is 1.84 bits per heavy atom. The van der Waals surface area contributed by atoms with Gasteiger partial charge in [0.05, 0.1) is 17.5 Å². The van der Waals surface area contributed by atoms with Crippen molar-refractivity contribution in [2.75, 3.05) is 13.2 Å². The zero-order chi connectivity index (χ0) is 18.8. The lowest BCUT2D eigenvalue weighted by molar-refractivity contribution is 0.0185. The number of hydrogen-bond donors (Lipinski definition) is 0. The summed E-state index contributed by atoms with van der Waals surface area (Å²) >= 11 is 0. The quantitative estimate of drug-likeness (QED) is 0.761. The van der Waals surface area contributed by atoms with Crippen molar-refractivity contribution in [2.45, 2.75) is 57.6 Å². The summed E-state index contributed by atoms with van der Waals surface area (Å²) < 4.78 is 35.3. The van der Waals surface area contributed by atoms with E-state index < -0.39 is 21.8 Å². The molecule has 0 radical (unpaired) electrons. The lowest BCUT2D eigenvalue weighted by atomic mass is 10.1. The van der Waals surface area contributed by atoms with Crippen molar-refractivity contribution in [1.29, 1.82) is 0 Å². The number of carbonyl (C=O) groups is 1. The molecule has 0 bridgehead atoms. The monoisotopic (exact) mass is 369 g/mol. The number of carbonyl (C=O) groups excluding carboxylic acids is 1. The van der Waals surface area contributed by atoms with Gasteiger partial charge in [-0.15, -0.1) is 0 Å². The highest BCUT2D eigenvalue weighted by Gasteiger charge is 2.36. The molecule has 1 aliphatic rings. The van der Waals surface area contributed by atoms with Crippen LogP contribution >= 0.6 is 0 Å². The molecule has 1 aliphatic heterocycles. The molecule has 6 nitrogen and oxygen atoms in total. The van der Waals surface area contributed by atoms with Gasteiger partial charge >= 0.3 is 6.09 Å². The molecule has 1 aromatic carbocycles. The van der Waals surface area contributed by atoms with Gasteiger partial charge in [-0.3, -0.25) is 4.18 Å². The minimum atomic E-state index is -3.85. The lowest BCUT2D eigenvalue weighted by Gasteiger charge is -2.28. The molecule has 0 aliphatic carbocycles. The van der Waals surface area contributed by atoms with Crippen molar-refractivity contribution in [3.8, 4) is 0 Å². The fourth-order valence-corrected chi connectivity index (χ4v) is 3.74. The third-order valence-corrected chi connectivity index (χ3v) is 5.27. The number of amides is 1. The van der Waals surface area contributed by atoms with Gasteiger partial charge in [0.25, 0.3) is 10.1 Å². The first-order chi connectivity index (χ1) is 11.5. The molecule has 0 spiro atoms. The first-order valence-corrected chi connectivity index (χ1v) is 9.84. The topological polar surface area (TPSA) is 72.9 Å². The third kappa shape index (κ3) is 5.44. The SMILES string of the molecule is Cc1ccc(S(=O)(=O)OC[C@@H]2C[C@@H](C)CN2C(=O)OC(C)(C)C)cc1. The molecular formula is C18H27NO5S. The number of ether oxygens (including phenoxy) is 1. The van der Waals surface area contributed by atoms with E-state index in [-0.39, 0.29) is 23.5 Å². The van der Waals surface area contributed by atoms with E-state index in [1.807, 2.05) is 13.8 Å². The average molecular weight is 369 g/mol. The normalized spacial score (nSPS) is 21.4. The van der Waals surface area contributed by atoms with Gasteiger partial charge in [-0.1, -0.05) is 24.6 Å². The van der Waals surface area contributed by atoms with Gasteiger partial charge in [-0.25, -0.2) is 4.79 Å². The molecule has 2 atom stereocenters. The summed E-state index contributed by atoms with van der Waals surface area (Å²) in [7, 11) is -3.85. The van der Waals surface area contributed by atoms with E-state index in [0.717, 1.165) is 5.56 Å². The molecule has 1 fully saturated rings. The van der Waals surface area contributed by atoms with Crippen LogP contribution in [0.25, 0.3) is 0 Å². The van der Waals surface area contributed by atoms with Gasteiger partial charge in [0.1, 0.15) is 5.60 Å². The second kappa shape index (κ2) is 7.33. The fourth-order valence-electron chi connectivity index (χ4n) is 2.79. The molecule has 0 aromatic heterocycles. The summed E-state index contributed by atoms with van der Waals surface area (Å²) in [6.07, 6.45) is 0.251. The van der Waals surface area contributed by atoms with E-state index in [1.54, 1.807) is 37.8 Å². The number of likely N-dealkylation sites (tertiary alicyclic amines) is 1. The van der Waals surface area contributed by atoms with Gasteiger partial charge in [0.15, 0.2) is 0 Å². The Morgan fingerprint density at radius 1 is 1.24 bits per heavy atom. The third-order valence-electron chi connectivity index (χ3n) is 3.98. The molecule has 1 saturated heterocycles. The van der Waals surface area contributed by atoms with Crippen molar-refractivity contribution in [2.24, 2.45) is 5.92 Å². The van der Waals surface area contributed by atoms with Crippen LogP contribution in [-0.2, 0) is 19.0 Å². The van der Waals surface area contributed by atoms with Crippen molar-refractivity contribution >= 4 is 16.2 Å². The number of rotatable bonds is 4. The summed E-state index contributed by atoms with van der Waals surface area (Å²) in [5.74, 6) is 0.267. The van der Waals surface area contributed by atoms with Crippen LogP contribution in [0.1, 0.15) is 39.7 Å². The largest absolute Gasteiger partial charge is 0.444 e. The maximum absolute atomic E-state index is 12.3. The van der Waals surface area contributed by atoms with Crippen molar-refractivity contribution in [3.63, 3.8) is 0 Å². The van der Waals surface area contributed by atoms with Crippen molar-refractivity contribution in [3.05, 3.63) is 29.8 Å². The maximum Gasteiger partial charge on any atom is 0.410 e. The van der Waals surface area contributed by atoms with Crippen LogP contribution in [0.2, 0.25) is 0 Å². The molecule has 1 heterocycles. The highest BCUT2D eigenvalue weighted by atomic mass is 32.2. The van der Waals surface area contributed by atoms with Crippen LogP contribution in [0.15, 0.2) is 29.2 Å². The maximum atomic E-state index is 12.3. The van der Waals surface area contributed by atoms with E-state index in [0.29, 0.717) is 13.0 Å². The molecule has 1 amide bonds. The summed E-state index contributed by atoms with van der Waals surface area (Å²) in [6, 6.07) is 6.17. The predicted octanol–water partition coefficient (Wildman–Crippen LogP) is 3.35. The zero-order valence-electron chi connectivity index (χ0n) is 15.5. The first-order valence-electron chi connectivity index (χ1n) is 8.43. The number of nitrogens with zero attached hydrogens (tertiary/aromatic N) is 1. The summed E-state index contributed by atoms with van der Waals surface area (Å²) in [5.41, 5.74) is 0.377. The molecule has 7 heteroatoms. The highest BCUT2D eigenvalue weighted by molar-refractivity contribution is 7.86. The van der Waals surface area contributed by atoms with Gasteiger partial charge in [-0.2, -0.15) is 8.42 Å². The van der Waals surface area contributed by atoms with E-state index in [4.69, 9.17) is 8.92 Å². The predicted molar refractivity (Wildman–Crippen MR) is 94.8 cm³/mol. The van der Waals surface area contributed by atoms with Gasteiger partial charge < -0.3 is 9.64 Å². The van der Waals surface area contributed by atoms with Crippen LogP contribution in [0.4, 0.5) is 4.79 Å². The molecule has 0 N–H and O–H groups in total. The molecule has 1 aromatic rings. The van der Waals surface area contributed by atoms with Crippen LogP contribution in [-0.4, -0.2) is 44.2 Å². The van der Waals surface area contributed by atoms with Crippen molar-refractivity contribution in [1.82, 2.24) is 4.90 Å². The van der Waals surface area contributed by atoms with E-state index >= 15 is 0 Å². The number of benzene rings is 1. The van der Waals surface area contributed by atoms with E-state index in [2.05, 4.69) is 0 Å². The molecule has 0 saturated carbocycles. The van der Waals surface area contributed by atoms with Gasteiger partial charge in [0.2, 0.25) is 0 Å². The smallest absolute Gasteiger partial charge is 0.410 e. The van der Waals surface area contributed by atoms with Gasteiger partial charge in [0, 0.05) is 6.54 Å². The van der Waals surface area contributed by atoms with Crippen LogP contribution in [0.3, 0.4) is 0 Å². The van der Waals surface area contributed by atoms with Gasteiger partial charge in [-0.05, 0) is 52.2 Å². The Bertz CT molecular complexity index is 706. The molecule has 25 heavy (non-hydrogen) atoms. The van der Waals surface area contributed by atoms with Crippen LogP contribution in [0.5, 0.6) is 0 Å². The second-order valence-corrected chi connectivity index (χ2v) is 9.29. The van der Waals surface area contributed by atoms with Crippen molar-refractivity contribution < 1.29 is 22.1 Å². The Labute approximate surface area is 150 Å². The molecular weight excluding hydrogens is 342 g/mol. The fraction of sp³-hybridized carbons (Fsp3) is 0.611. The van der Waals surface area contributed by atoms with E-state index in [9.17, 15) is 13.2 Å². The second-order valence-electron chi connectivity index (χ2n) is 7.68. The highest BCUT2D eigenvalue weighted by Crippen LogP contribution is 2.26. The Morgan fingerprint density at radius 3 is 2.40 bits per heavy atom. The van der Waals surface area contributed by atoms with Crippen LogP contribution in [0, 0.1) is 12.8 Å². The molecule has 140 valence electrons. The lowest BCUT2D eigenvalue weighted by Crippen LogP contribution is -2.42. The minimum Gasteiger partial charge on any atom is -0.444 e. The number of hydrogen-bond acceptors (Lipinski definition) is 5. The summed E-state index contributed by atoms with van der Waals surface area (Å²) in [4.78, 5) is 14.0. The standard InChI is InChI=1S/C18H27NO5S/c1-13-6-8-16(9-7-13)25(21,22)23-12-15-10-14(2)11-19(15)17(20)24-18(3,4)5/h6-9,14-15H,10-12H2,1-5H3/t14-,15+/m1/s1. The van der Waals surface area contributed by atoms with E-state index in [1.165, 1.54) is 12.1 Å². The summed E-state index contributed by atoms with van der Waals surface area (Å²) in [6.45, 7) is 9.78. The Hall–Kier alpha value is -1.60. The summed E-state index contributed by atoms with van der Waals surface area (Å²) in [5, 5.41) is 0. The minimum absolute atomic E-state index is 0.0697. The molecule has 2 rings (SSSR count). The number of aryl methyl sites for hydroxylation is 1. The van der Waals surface area contributed by atoms with Crippen LogP contribution < -0.4 is 0 Å².